The maximum atomic E-state index is 16.9. The Morgan fingerprint density at radius 1 is 1.13 bits per heavy atom. The highest BCUT2D eigenvalue weighted by Gasteiger charge is 2.48. The number of phenols is 1. The van der Waals surface area contributed by atoms with E-state index < -0.39 is 29.4 Å². The van der Waals surface area contributed by atoms with Crippen LogP contribution in [0.25, 0.3) is 32.9 Å². The molecule has 0 spiro atoms. The minimum Gasteiger partial charge on any atom is -0.508 e. The Balaban J connectivity index is 1.26. The number of hydrogen-bond donors (Lipinski definition) is 2. The van der Waals surface area contributed by atoms with Gasteiger partial charge >= 0.3 is 6.01 Å². The van der Waals surface area contributed by atoms with E-state index in [1.54, 1.807) is 13.0 Å². The molecule has 2 aromatic carbocycles. The van der Waals surface area contributed by atoms with E-state index in [1.807, 2.05) is 9.80 Å². The summed E-state index contributed by atoms with van der Waals surface area (Å²) in [5, 5.41) is 22.5. The second-order valence-electron chi connectivity index (χ2n) is 13.6. The van der Waals surface area contributed by atoms with Crippen LogP contribution < -0.4 is 9.64 Å². The number of pyridine rings is 1. The zero-order valence-electron chi connectivity index (χ0n) is 25.9. The second-order valence-corrected chi connectivity index (χ2v) is 13.6. The average molecular weight is 650 g/mol. The summed E-state index contributed by atoms with van der Waals surface area (Å²) in [7, 11) is 0. The topological polar surface area (TPSA) is 94.8 Å². The van der Waals surface area contributed by atoms with Crippen molar-refractivity contribution in [3.05, 3.63) is 59.3 Å². The van der Waals surface area contributed by atoms with Gasteiger partial charge in [-0.15, -0.1) is 0 Å². The van der Waals surface area contributed by atoms with Gasteiger partial charge in [-0.2, -0.15) is 18.7 Å². The van der Waals surface area contributed by atoms with Gasteiger partial charge in [-0.1, -0.05) is 13.0 Å². The predicted molar refractivity (Wildman–Crippen MR) is 169 cm³/mol. The number of anilines is 1. The van der Waals surface area contributed by atoms with Crippen molar-refractivity contribution in [3.8, 4) is 23.0 Å². The number of aliphatic hydroxyl groups is 1. The molecule has 2 bridgehead atoms. The SMILES string of the molecule is CCc1c(F)ccc2cc(O)cc(-c3ncc4c(N5C[C@@H]6C[C@H](C5)[C@H](O)C6)nc(OCC56CCCN5CC(=C(F)F)C6)nc4c3F)c12. The molecule has 1 aliphatic carbocycles. The van der Waals surface area contributed by atoms with Crippen LogP contribution in [-0.2, 0) is 6.42 Å². The normalized spacial score (nSPS) is 25.7. The number of ether oxygens (including phenoxy) is 1. The van der Waals surface area contributed by atoms with E-state index in [4.69, 9.17) is 9.72 Å². The van der Waals surface area contributed by atoms with Gasteiger partial charge in [-0.25, -0.2) is 8.78 Å². The van der Waals surface area contributed by atoms with Gasteiger partial charge in [0.15, 0.2) is 5.82 Å². The zero-order chi connectivity index (χ0) is 32.6. The molecule has 246 valence electrons. The molecule has 12 heteroatoms. The molecule has 8 nitrogen and oxygen atoms in total. The molecule has 4 aromatic rings. The monoisotopic (exact) mass is 649 g/mol. The standard InChI is InChI=1S/C35H35F4N5O3/c1-2-23-26(36)5-4-19-10-22(45)11-24(28(19)23)30-29(37)31-25(13-40-30)33(43-14-18-8-20(15-43)27(46)9-18)42-34(41-31)47-17-35-6-3-7-44(35)16-21(12-35)32(38)39/h4-5,10-11,13,18,20,27,45-46H,2-3,6-9,12,14-17H2,1H3/t18-,20-,27-,35?/m1/s1. The second kappa shape index (κ2) is 11.3. The Morgan fingerprint density at radius 2 is 1.98 bits per heavy atom. The summed E-state index contributed by atoms with van der Waals surface area (Å²) >= 11 is 0. The Hall–Kier alpha value is -4.03. The Morgan fingerprint density at radius 3 is 2.77 bits per heavy atom. The lowest BCUT2D eigenvalue weighted by Crippen LogP contribution is -2.43. The van der Waals surface area contributed by atoms with E-state index in [-0.39, 0.29) is 65.5 Å². The molecular formula is C35H35F4N5O3. The summed E-state index contributed by atoms with van der Waals surface area (Å²) in [6, 6.07) is 5.68. The molecule has 5 heterocycles. The molecule has 1 saturated carbocycles. The predicted octanol–water partition coefficient (Wildman–Crippen LogP) is 6.37. The molecule has 3 saturated heterocycles. The van der Waals surface area contributed by atoms with E-state index in [1.165, 1.54) is 24.4 Å². The number of aromatic nitrogens is 3. The molecule has 2 N–H and O–H groups in total. The summed E-state index contributed by atoms with van der Waals surface area (Å²) < 4.78 is 65.2. The Bertz CT molecular complexity index is 1950. The quantitative estimate of drug-likeness (QED) is 0.233. The van der Waals surface area contributed by atoms with Gasteiger partial charge in [0.2, 0.25) is 0 Å². The third-order valence-electron chi connectivity index (χ3n) is 10.8. The van der Waals surface area contributed by atoms with E-state index in [2.05, 4.69) is 9.97 Å². The largest absolute Gasteiger partial charge is 0.508 e. The van der Waals surface area contributed by atoms with Gasteiger partial charge in [-0.05, 0) is 85.5 Å². The van der Waals surface area contributed by atoms with Crippen LogP contribution in [0.3, 0.4) is 0 Å². The number of aromatic hydroxyl groups is 1. The molecule has 8 rings (SSSR count). The summed E-state index contributed by atoms with van der Waals surface area (Å²) in [4.78, 5) is 17.8. The van der Waals surface area contributed by atoms with Gasteiger partial charge in [0.1, 0.15) is 35.2 Å². The number of piperidine rings is 1. The third-order valence-corrected chi connectivity index (χ3v) is 10.8. The fourth-order valence-corrected chi connectivity index (χ4v) is 8.61. The van der Waals surface area contributed by atoms with Crippen molar-refractivity contribution in [2.24, 2.45) is 11.8 Å². The highest BCUT2D eigenvalue weighted by atomic mass is 19.3. The lowest BCUT2D eigenvalue weighted by Gasteiger charge is -2.34. The minimum atomic E-state index is -1.65. The fraction of sp³-hybridized carbons (Fsp3) is 0.457. The van der Waals surface area contributed by atoms with Gasteiger partial charge in [-0.3, -0.25) is 9.88 Å². The lowest BCUT2D eigenvalue weighted by molar-refractivity contribution is 0.108. The summed E-state index contributed by atoms with van der Waals surface area (Å²) in [5.41, 5.74) is -0.0526. The van der Waals surface area contributed by atoms with E-state index in [0.717, 1.165) is 12.8 Å². The maximum Gasteiger partial charge on any atom is 0.319 e. The van der Waals surface area contributed by atoms with Crippen LogP contribution >= 0.6 is 0 Å². The minimum absolute atomic E-state index is 0.0477. The van der Waals surface area contributed by atoms with Crippen molar-refractivity contribution >= 4 is 27.5 Å². The molecule has 47 heavy (non-hydrogen) atoms. The lowest BCUT2D eigenvalue weighted by atomic mass is 9.94. The number of fused-ring (bicyclic) bond motifs is 5. The van der Waals surface area contributed by atoms with Crippen molar-refractivity contribution in [3.63, 3.8) is 0 Å². The molecule has 4 aliphatic rings. The highest BCUT2D eigenvalue weighted by Crippen LogP contribution is 2.45. The summed E-state index contributed by atoms with van der Waals surface area (Å²) in [6.07, 6.45) is 3.07. The van der Waals surface area contributed by atoms with Crippen LogP contribution in [0.4, 0.5) is 23.4 Å². The molecule has 4 atom stereocenters. The molecule has 4 fully saturated rings. The van der Waals surface area contributed by atoms with Gasteiger partial charge < -0.3 is 19.8 Å². The van der Waals surface area contributed by atoms with Gasteiger partial charge in [0, 0.05) is 42.9 Å². The van der Waals surface area contributed by atoms with Crippen molar-refractivity contribution in [2.75, 3.05) is 37.7 Å². The Labute approximate surface area is 268 Å². The molecular weight excluding hydrogens is 614 g/mol. The number of rotatable bonds is 6. The number of halogens is 4. The zero-order valence-corrected chi connectivity index (χ0v) is 25.9. The average Bonchev–Trinajstić information content (AvgIpc) is 3.69. The van der Waals surface area contributed by atoms with E-state index >= 15 is 4.39 Å². The fourth-order valence-electron chi connectivity index (χ4n) is 8.61. The highest BCUT2D eigenvalue weighted by molar-refractivity contribution is 6.01. The first-order chi connectivity index (χ1) is 22.6. The number of aryl methyl sites for hydroxylation is 1. The Kier molecular flexibility index (Phi) is 7.29. The first-order valence-electron chi connectivity index (χ1n) is 16.3. The van der Waals surface area contributed by atoms with Crippen LogP contribution in [0, 0.1) is 23.5 Å². The van der Waals surface area contributed by atoms with Crippen LogP contribution in [0.2, 0.25) is 0 Å². The van der Waals surface area contributed by atoms with Crippen LogP contribution in [0.15, 0.2) is 42.1 Å². The molecule has 1 unspecified atom stereocenters. The van der Waals surface area contributed by atoms with E-state index in [9.17, 15) is 23.4 Å². The van der Waals surface area contributed by atoms with Gasteiger partial charge in [0.25, 0.3) is 6.08 Å². The molecule has 3 aliphatic heterocycles. The maximum absolute atomic E-state index is 16.9. The van der Waals surface area contributed by atoms with Crippen LogP contribution in [0.5, 0.6) is 11.8 Å². The molecule has 2 aromatic heterocycles. The molecule has 0 amide bonds. The first kappa shape index (κ1) is 30.3. The van der Waals surface area contributed by atoms with Crippen LogP contribution in [-0.4, -0.2) is 74.5 Å². The number of hydrogen-bond acceptors (Lipinski definition) is 8. The third kappa shape index (κ3) is 4.99. The van der Waals surface area contributed by atoms with Gasteiger partial charge in [0.05, 0.1) is 17.0 Å². The smallest absolute Gasteiger partial charge is 0.319 e. The van der Waals surface area contributed by atoms with E-state index in [0.29, 0.717) is 66.4 Å². The number of aliphatic hydroxyl groups excluding tert-OH is 1. The first-order valence-corrected chi connectivity index (χ1v) is 16.3. The number of nitrogens with zero attached hydrogens (tertiary/aromatic N) is 5. The van der Waals surface area contributed by atoms with Crippen molar-refractivity contribution in [1.29, 1.82) is 0 Å². The van der Waals surface area contributed by atoms with Crippen LogP contribution in [0.1, 0.15) is 44.6 Å². The molecule has 0 radical (unpaired) electrons. The number of benzene rings is 2. The number of phenolic OH excluding ortho intramolecular Hbond substituents is 1. The van der Waals surface area contributed by atoms with Crippen molar-refractivity contribution in [2.45, 2.75) is 57.1 Å². The summed E-state index contributed by atoms with van der Waals surface area (Å²) in [5.74, 6) is -0.607. The van der Waals surface area contributed by atoms with Crippen molar-refractivity contribution in [1.82, 2.24) is 19.9 Å². The van der Waals surface area contributed by atoms with Crippen molar-refractivity contribution < 1.29 is 32.5 Å². The summed E-state index contributed by atoms with van der Waals surface area (Å²) in [6.45, 7) is 3.88.